The molecule has 3 N–H and O–H groups in total. The molecular formula is C18H17ClF3N3O2S. The first-order valence-electron chi connectivity index (χ1n) is 8.25. The SMILES string of the molecule is CCn1c(-c2ccc(NS(=O)(=O)CC(F)(F)F)cc2)c(N)c2cc(Cl)ccc21. The fourth-order valence-electron chi connectivity index (χ4n) is 3.12. The van der Waals surface area contributed by atoms with Crippen molar-refractivity contribution in [2.75, 3.05) is 16.2 Å². The number of nitrogens with zero attached hydrogens (tertiary/aromatic N) is 1. The third-order valence-corrected chi connectivity index (χ3v) is 5.66. The quantitative estimate of drug-likeness (QED) is 0.605. The fourth-order valence-corrected chi connectivity index (χ4v) is 4.29. The van der Waals surface area contributed by atoms with Crippen molar-refractivity contribution in [1.29, 1.82) is 0 Å². The Balaban J connectivity index is 1.97. The number of anilines is 2. The van der Waals surface area contributed by atoms with Crippen LogP contribution in [0, 0.1) is 0 Å². The maximum absolute atomic E-state index is 12.4. The summed E-state index contributed by atoms with van der Waals surface area (Å²) in [5.41, 5.74) is 9.19. The van der Waals surface area contributed by atoms with Gasteiger partial charge in [0.2, 0.25) is 10.0 Å². The fraction of sp³-hybridized carbons (Fsp3) is 0.222. The molecule has 150 valence electrons. The van der Waals surface area contributed by atoms with Crippen molar-refractivity contribution in [2.24, 2.45) is 0 Å². The van der Waals surface area contributed by atoms with E-state index in [1.54, 1.807) is 24.3 Å². The second-order valence-electron chi connectivity index (χ2n) is 6.22. The summed E-state index contributed by atoms with van der Waals surface area (Å²) in [4.78, 5) is 0. The predicted octanol–water partition coefficient (Wildman–Crippen LogP) is 4.87. The van der Waals surface area contributed by atoms with E-state index in [4.69, 9.17) is 17.3 Å². The molecule has 3 aromatic rings. The minimum Gasteiger partial charge on any atom is -0.396 e. The van der Waals surface area contributed by atoms with E-state index in [1.165, 1.54) is 12.1 Å². The van der Waals surface area contributed by atoms with Crippen LogP contribution in [0.5, 0.6) is 0 Å². The summed E-state index contributed by atoms with van der Waals surface area (Å²) in [7, 11) is -4.54. The lowest BCUT2D eigenvalue weighted by Gasteiger charge is -2.12. The van der Waals surface area contributed by atoms with E-state index in [-0.39, 0.29) is 5.69 Å². The van der Waals surface area contributed by atoms with Gasteiger partial charge in [0, 0.05) is 28.2 Å². The molecule has 0 aliphatic carbocycles. The molecule has 1 aromatic heterocycles. The van der Waals surface area contributed by atoms with Crippen molar-refractivity contribution in [3.8, 4) is 11.3 Å². The van der Waals surface area contributed by atoms with Crippen molar-refractivity contribution < 1.29 is 21.6 Å². The van der Waals surface area contributed by atoms with Crippen LogP contribution in [0.3, 0.4) is 0 Å². The third kappa shape index (κ3) is 4.20. The number of alkyl halides is 3. The number of sulfonamides is 1. The van der Waals surface area contributed by atoms with Gasteiger partial charge < -0.3 is 10.3 Å². The number of hydrogen-bond acceptors (Lipinski definition) is 3. The van der Waals surface area contributed by atoms with Crippen LogP contribution < -0.4 is 10.5 Å². The zero-order valence-corrected chi connectivity index (χ0v) is 16.3. The van der Waals surface area contributed by atoms with E-state index in [1.807, 2.05) is 22.3 Å². The molecule has 5 nitrogen and oxygen atoms in total. The van der Waals surface area contributed by atoms with E-state index in [2.05, 4.69) is 0 Å². The molecular weight excluding hydrogens is 415 g/mol. The lowest BCUT2D eigenvalue weighted by Crippen LogP contribution is -2.27. The molecule has 0 amide bonds. The number of nitrogens with two attached hydrogens (primary N) is 1. The first-order chi connectivity index (χ1) is 13.0. The molecule has 0 fully saturated rings. The van der Waals surface area contributed by atoms with Crippen LogP contribution in [0.1, 0.15) is 6.92 Å². The van der Waals surface area contributed by atoms with Gasteiger partial charge in [0.1, 0.15) is 0 Å². The third-order valence-electron chi connectivity index (χ3n) is 4.17. The van der Waals surface area contributed by atoms with Crippen molar-refractivity contribution in [2.45, 2.75) is 19.6 Å². The molecule has 3 rings (SSSR count). The summed E-state index contributed by atoms with van der Waals surface area (Å²) in [6.45, 7) is 2.58. The molecule has 0 saturated carbocycles. The lowest BCUT2D eigenvalue weighted by atomic mass is 10.1. The summed E-state index contributed by atoms with van der Waals surface area (Å²) in [6.07, 6.45) is -4.82. The lowest BCUT2D eigenvalue weighted by molar-refractivity contribution is -0.106. The molecule has 0 atom stereocenters. The molecule has 0 bridgehead atoms. The Morgan fingerprint density at radius 1 is 1.14 bits per heavy atom. The minimum absolute atomic E-state index is 0.0359. The standard InChI is InChI=1S/C18H17ClF3N3O2S/c1-2-25-15-8-5-12(19)9-14(15)16(23)17(25)11-3-6-13(7-4-11)24-28(26,27)10-18(20,21)22/h3-9,24H,2,10,23H2,1H3. The number of halogens is 4. The van der Waals surface area contributed by atoms with Crippen LogP contribution in [0.2, 0.25) is 5.02 Å². The number of nitrogen functional groups attached to an aromatic ring is 1. The summed E-state index contributed by atoms with van der Waals surface area (Å²) in [5, 5.41) is 1.34. The maximum atomic E-state index is 12.4. The van der Waals surface area contributed by atoms with Crippen molar-refractivity contribution in [1.82, 2.24) is 4.57 Å². The van der Waals surface area contributed by atoms with Gasteiger partial charge in [-0.2, -0.15) is 13.2 Å². The molecule has 0 spiro atoms. The van der Waals surface area contributed by atoms with Crippen molar-refractivity contribution >= 4 is 43.9 Å². The molecule has 1 heterocycles. The summed E-state index contributed by atoms with van der Waals surface area (Å²) in [6, 6.07) is 11.4. The van der Waals surface area contributed by atoms with Crippen LogP contribution in [0.25, 0.3) is 22.2 Å². The predicted molar refractivity (Wildman–Crippen MR) is 106 cm³/mol. The Labute approximate surface area is 164 Å². The number of aryl methyl sites for hydroxylation is 1. The Morgan fingerprint density at radius 3 is 2.36 bits per heavy atom. The second-order valence-corrected chi connectivity index (χ2v) is 8.38. The van der Waals surface area contributed by atoms with Gasteiger partial charge in [-0.05, 0) is 37.3 Å². The highest BCUT2D eigenvalue weighted by Crippen LogP contribution is 2.37. The number of fused-ring (bicyclic) bond motifs is 1. The first kappa shape index (κ1) is 20.3. The number of rotatable bonds is 5. The van der Waals surface area contributed by atoms with Gasteiger partial charge in [-0.3, -0.25) is 4.72 Å². The van der Waals surface area contributed by atoms with Gasteiger partial charge >= 0.3 is 6.18 Å². The highest BCUT2D eigenvalue weighted by molar-refractivity contribution is 7.92. The monoisotopic (exact) mass is 431 g/mol. The molecule has 0 aliphatic rings. The van der Waals surface area contributed by atoms with Crippen molar-refractivity contribution in [3.05, 3.63) is 47.5 Å². The maximum Gasteiger partial charge on any atom is 0.404 e. The van der Waals surface area contributed by atoms with E-state index in [9.17, 15) is 21.6 Å². The Morgan fingerprint density at radius 2 is 1.79 bits per heavy atom. The van der Waals surface area contributed by atoms with Gasteiger partial charge in [-0.25, -0.2) is 8.42 Å². The molecule has 28 heavy (non-hydrogen) atoms. The van der Waals surface area contributed by atoms with Crippen LogP contribution in [0.15, 0.2) is 42.5 Å². The zero-order chi connectivity index (χ0) is 20.7. The number of nitrogens with one attached hydrogen (secondary N) is 1. The average Bonchev–Trinajstić information content (AvgIpc) is 2.85. The Kier molecular flexibility index (Phi) is 5.24. The van der Waals surface area contributed by atoms with E-state index >= 15 is 0 Å². The molecule has 0 radical (unpaired) electrons. The zero-order valence-electron chi connectivity index (χ0n) is 14.7. The molecule has 0 unspecified atom stereocenters. The number of benzene rings is 2. The molecule has 0 saturated heterocycles. The smallest absolute Gasteiger partial charge is 0.396 e. The van der Waals surface area contributed by atoms with Gasteiger partial charge in [0.15, 0.2) is 5.75 Å². The van der Waals surface area contributed by atoms with Gasteiger partial charge in [0.25, 0.3) is 0 Å². The second kappa shape index (κ2) is 7.21. The average molecular weight is 432 g/mol. The minimum atomic E-state index is -4.82. The summed E-state index contributed by atoms with van der Waals surface area (Å²) >= 11 is 6.06. The van der Waals surface area contributed by atoms with E-state index in [0.29, 0.717) is 22.8 Å². The Hall–Kier alpha value is -2.39. The van der Waals surface area contributed by atoms with Crippen molar-refractivity contribution in [3.63, 3.8) is 0 Å². The molecule has 2 aromatic carbocycles. The van der Waals surface area contributed by atoms with Gasteiger partial charge in [0.05, 0.1) is 16.9 Å². The van der Waals surface area contributed by atoms with Crippen LogP contribution in [-0.4, -0.2) is 24.9 Å². The van der Waals surface area contributed by atoms with Crippen LogP contribution >= 0.6 is 11.6 Å². The van der Waals surface area contributed by atoms with Crippen LogP contribution in [-0.2, 0) is 16.6 Å². The summed E-state index contributed by atoms with van der Waals surface area (Å²) < 4.78 is 64.2. The summed E-state index contributed by atoms with van der Waals surface area (Å²) in [5.74, 6) is -1.94. The van der Waals surface area contributed by atoms with Gasteiger partial charge in [-0.15, -0.1) is 0 Å². The first-order valence-corrected chi connectivity index (χ1v) is 10.3. The van der Waals surface area contributed by atoms with Gasteiger partial charge in [-0.1, -0.05) is 23.7 Å². The largest absolute Gasteiger partial charge is 0.404 e. The highest BCUT2D eigenvalue weighted by Gasteiger charge is 2.35. The number of hydrogen-bond donors (Lipinski definition) is 2. The number of aromatic nitrogens is 1. The van der Waals surface area contributed by atoms with Crippen LogP contribution in [0.4, 0.5) is 24.5 Å². The Bertz CT molecular complexity index is 1120. The van der Waals surface area contributed by atoms with E-state index in [0.717, 1.165) is 16.6 Å². The normalized spacial score (nSPS) is 12.5. The molecule has 10 heteroatoms. The molecule has 0 aliphatic heterocycles. The topological polar surface area (TPSA) is 77.1 Å². The highest BCUT2D eigenvalue weighted by atomic mass is 35.5. The van der Waals surface area contributed by atoms with E-state index < -0.39 is 22.0 Å².